The minimum absolute atomic E-state index is 0.000716. The van der Waals surface area contributed by atoms with Gasteiger partial charge in [0.2, 0.25) is 5.91 Å². The number of hydrogen-bond acceptors (Lipinski definition) is 5. The lowest BCUT2D eigenvalue weighted by molar-refractivity contribution is -0.119. The largest absolute Gasteiger partial charge is 0.484 e. The molecule has 0 fully saturated rings. The first kappa shape index (κ1) is 15.7. The number of primary amides is 1. The van der Waals surface area contributed by atoms with Gasteiger partial charge in [-0.2, -0.15) is 0 Å². The van der Waals surface area contributed by atoms with Gasteiger partial charge in [0.1, 0.15) is 12.4 Å². The monoisotopic (exact) mass is 304 g/mol. The van der Waals surface area contributed by atoms with Gasteiger partial charge >= 0.3 is 0 Å². The Morgan fingerprint density at radius 1 is 1.41 bits per heavy atom. The van der Waals surface area contributed by atoms with Gasteiger partial charge in [-0.25, -0.2) is 0 Å². The minimum atomic E-state index is -0.770. The van der Waals surface area contributed by atoms with Gasteiger partial charge < -0.3 is 10.5 Å². The normalized spacial score (nSPS) is 13.9. The molecule has 0 saturated carbocycles. The summed E-state index contributed by atoms with van der Waals surface area (Å²) in [6.45, 7) is 1.20. The third kappa shape index (κ3) is 2.83. The van der Waals surface area contributed by atoms with Crippen LogP contribution in [0.15, 0.2) is 18.2 Å². The maximum atomic E-state index is 12.2. The Morgan fingerprint density at radius 2 is 2.14 bits per heavy atom. The summed E-state index contributed by atoms with van der Waals surface area (Å²) in [6.07, 6.45) is 0.748. The molecule has 2 amide bonds. The molecule has 0 saturated heterocycles. The van der Waals surface area contributed by atoms with Crippen molar-refractivity contribution in [2.75, 3.05) is 11.5 Å². The summed E-state index contributed by atoms with van der Waals surface area (Å²) in [5.74, 6) is -0.735. The summed E-state index contributed by atoms with van der Waals surface area (Å²) in [7, 11) is 0. The molecule has 1 aliphatic heterocycles. The maximum absolute atomic E-state index is 12.2. The lowest BCUT2D eigenvalue weighted by Crippen LogP contribution is -2.51. The molecule has 1 atom stereocenters. The number of anilines is 1. The molecule has 0 aromatic heterocycles. The maximum Gasteiger partial charge on any atom is 0.261 e. The van der Waals surface area contributed by atoms with E-state index in [0.717, 1.165) is 0 Å². The van der Waals surface area contributed by atoms with E-state index in [1.165, 1.54) is 11.8 Å². The lowest BCUT2D eigenvalue weighted by Gasteiger charge is -2.39. The Hall–Kier alpha value is -2.70. The highest BCUT2D eigenvalue weighted by atomic mass is 16.5. The number of carbonyl (C=O) groups is 4. The number of carbonyl (C=O) groups excluding carboxylic acids is 4. The number of nitrogens with two attached hydrogens (primary N) is 1. The summed E-state index contributed by atoms with van der Waals surface area (Å²) in [5, 5.41) is 0. The van der Waals surface area contributed by atoms with Crippen molar-refractivity contribution in [1.82, 2.24) is 0 Å². The van der Waals surface area contributed by atoms with Crippen LogP contribution in [0, 0.1) is 0 Å². The van der Waals surface area contributed by atoms with E-state index >= 15 is 0 Å². The second-order valence-corrected chi connectivity index (χ2v) is 4.94. The zero-order chi connectivity index (χ0) is 16.3. The summed E-state index contributed by atoms with van der Waals surface area (Å²) in [6, 6.07) is 4.11. The number of hydrogen-bond donors (Lipinski definition) is 1. The molecule has 0 radical (unpaired) electrons. The molecule has 22 heavy (non-hydrogen) atoms. The Morgan fingerprint density at radius 3 is 2.73 bits per heavy atom. The van der Waals surface area contributed by atoms with Crippen LogP contribution in [0.2, 0.25) is 0 Å². The molecule has 0 aliphatic carbocycles. The number of ketones is 1. The van der Waals surface area contributed by atoms with Gasteiger partial charge in [0.15, 0.2) is 12.1 Å². The van der Waals surface area contributed by atoms with Crippen molar-refractivity contribution in [1.29, 1.82) is 0 Å². The van der Waals surface area contributed by atoms with E-state index in [1.54, 1.807) is 18.2 Å². The van der Waals surface area contributed by atoms with Crippen LogP contribution in [-0.2, 0) is 14.4 Å². The van der Waals surface area contributed by atoms with E-state index in [1.807, 2.05) is 0 Å². The number of benzene rings is 1. The molecule has 2 rings (SSSR count). The number of aldehydes is 1. The molecule has 116 valence electrons. The predicted octanol–water partition coefficient (Wildman–Crippen LogP) is 0.448. The summed E-state index contributed by atoms with van der Waals surface area (Å²) in [5.41, 5.74) is 6.00. The smallest absolute Gasteiger partial charge is 0.261 e. The van der Waals surface area contributed by atoms with Gasteiger partial charge in [0.25, 0.3) is 5.91 Å². The van der Waals surface area contributed by atoms with Crippen molar-refractivity contribution >= 4 is 29.6 Å². The van der Waals surface area contributed by atoms with Crippen LogP contribution in [-0.4, -0.2) is 36.5 Å². The summed E-state index contributed by atoms with van der Waals surface area (Å²) in [4.78, 5) is 46.7. The highest BCUT2D eigenvalue weighted by Crippen LogP contribution is 2.43. The topological polar surface area (TPSA) is 107 Å². The van der Waals surface area contributed by atoms with Crippen LogP contribution in [0.5, 0.6) is 5.75 Å². The van der Waals surface area contributed by atoms with E-state index in [4.69, 9.17) is 10.5 Å². The van der Waals surface area contributed by atoms with Crippen LogP contribution < -0.4 is 15.4 Å². The zero-order valence-electron chi connectivity index (χ0n) is 12.1. The van der Waals surface area contributed by atoms with Crippen LogP contribution >= 0.6 is 0 Å². The first-order chi connectivity index (χ1) is 10.5. The molecule has 2 N–H and O–H groups in total. The number of fused-ring (bicyclic) bond motifs is 1. The fourth-order valence-electron chi connectivity index (χ4n) is 2.45. The number of para-hydroxylation sites is 1. The van der Waals surface area contributed by atoms with E-state index in [0.29, 0.717) is 23.3 Å². The molecule has 1 unspecified atom stereocenters. The van der Waals surface area contributed by atoms with Gasteiger partial charge in [-0.1, -0.05) is 6.07 Å². The highest BCUT2D eigenvalue weighted by molar-refractivity contribution is 6.23. The van der Waals surface area contributed by atoms with E-state index in [9.17, 15) is 19.2 Å². The quantitative estimate of drug-likeness (QED) is 0.702. The van der Waals surface area contributed by atoms with Gasteiger partial charge in [-0.05, 0) is 25.5 Å². The second kappa shape index (κ2) is 6.38. The predicted molar refractivity (Wildman–Crippen MR) is 77.7 cm³/mol. The molecule has 1 aromatic rings. The number of rotatable bonds is 8. The van der Waals surface area contributed by atoms with Crippen molar-refractivity contribution in [2.45, 2.75) is 25.8 Å². The molecule has 0 spiro atoms. The van der Waals surface area contributed by atoms with Crippen LogP contribution in [0.1, 0.15) is 30.1 Å². The van der Waals surface area contributed by atoms with E-state index in [2.05, 4.69) is 0 Å². The second-order valence-electron chi connectivity index (χ2n) is 4.94. The number of amides is 2. The standard InChI is InChI=1S/C15H16N2O5/c1-9(19)11(5-6-13(16)20)17-14-10(15(17)21)3-2-4-12(14)22-8-7-18/h2-4,7,11H,5-6,8H2,1H3,(H2,16,20). The Balaban J connectivity index is 2.31. The van der Waals surface area contributed by atoms with Crippen molar-refractivity contribution in [3.8, 4) is 5.75 Å². The van der Waals surface area contributed by atoms with Gasteiger partial charge in [-0.3, -0.25) is 24.1 Å². The van der Waals surface area contributed by atoms with Gasteiger partial charge in [-0.15, -0.1) is 0 Å². The molecule has 7 nitrogen and oxygen atoms in total. The first-order valence-electron chi connectivity index (χ1n) is 6.79. The van der Waals surface area contributed by atoms with Crippen LogP contribution in [0.3, 0.4) is 0 Å². The van der Waals surface area contributed by atoms with Crippen LogP contribution in [0.25, 0.3) is 0 Å². The number of ether oxygens (including phenoxy) is 1. The van der Waals surface area contributed by atoms with Crippen molar-refractivity contribution in [3.63, 3.8) is 0 Å². The molecule has 0 bridgehead atoms. The molecular formula is C15H16N2O5. The SMILES string of the molecule is CC(=O)C(CCC(N)=O)N1C(=O)c2cccc(OCC=O)c21. The third-order valence-electron chi connectivity index (χ3n) is 3.44. The van der Waals surface area contributed by atoms with Crippen molar-refractivity contribution < 1.29 is 23.9 Å². The molecular weight excluding hydrogens is 288 g/mol. The fraction of sp³-hybridized carbons (Fsp3) is 0.333. The third-order valence-corrected chi connectivity index (χ3v) is 3.44. The first-order valence-corrected chi connectivity index (χ1v) is 6.79. The molecule has 1 heterocycles. The van der Waals surface area contributed by atoms with Crippen LogP contribution in [0.4, 0.5) is 5.69 Å². The Kier molecular flexibility index (Phi) is 4.55. The average Bonchev–Trinajstić information content (AvgIpc) is 2.48. The Bertz CT molecular complexity index is 641. The zero-order valence-corrected chi connectivity index (χ0v) is 12.1. The highest BCUT2D eigenvalue weighted by Gasteiger charge is 2.42. The van der Waals surface area contributed by atoms with E-state index < -0.39 is 11.9 Å². The van der Waals surface area contributed by atoms with Crippen molar-refractivity contribution in [2.24, 2.45) is 5.73 Å². The molecule has 1 aliphatic rings. The van der Waals surface area contributed by atoms with Gasteiger partial charge in [0, 0.05) is 6.42 Å². The van der Waals surface area contributed by atoms with E-state index in [-0.39, 0.29) is 31.1 Å². The molecule has 7 heteroatoms. The van der Waals surface area contributed by atoms with Crippen molar-refractivity contribution in [3.05, 3.63) is 23.8 Å². The Labute approximate surface area is 127 Å². The number of Topliss-reactive ketones (excluding diaryl/α,β-unsaturated/α-hetero) is 1. The summed E-state index contributed by atoms with van der Waals surface area (Å²) < 4.78 is 5.29. The average molecular weight is 304 g/mol. The fourth-order valence-corrected chi connectivity index (χ4v) is 2.45. The number of nitrogens with zero attached hydrogens (tertiary/aromatic N) is 1. The van der Waals surface area contributed by atoms with Gasteiger partial charge in [0.05, 0.1) is 17.3 Å². The summed E-state index contributed by atoms with van der Waals surface area (Å²) >= 11 is 0. The molecule has 1 aromatic carbocycles. The lowest BCUT2D eigenvalue weighted by atomic mass is 9.94. The minimum Gasteiger partial charge on any atom is -0.484 e.